The van der Waals surface area contributed by atoms with Crippen LogP contribution in [0.2, 0.25) is 0 Å². The second-order valence-electron chi connectivity index (χ2n) is 5.60. The van der Waals surface area contributed by atoms with Gasteiger partial charge in [0.1, 0.15) is 24.2 Å². The van der Waals surface area contributed by atoms with Crippen molar-refractivity contribution in [2.24, 2.45) is 0 Å². The van der Waals surface area contributed by atoms with Gasteiger partial charge in [-0.3, -0.25) is 9.48 Å². The van der Waals surface area contributed by atoms with Crippen molar-refractivity contribution in [2.45, 2.75) is 25.9 Å². The molecule has 0 fully saturated rings. The van der Waals surface area contributed by atoms with Gasteiger partial charge in [-0.2, -0.15) is 5.10 Å². The highest BCUT2D eigenvalue weighted by molar-refractivity contribution is 5.75. The highest BCUT2D eigenvalue weighted by Crippen LogP contribution is 2.21. The lowest BCUT2D eigenvalue weighted by Crippen LogP contribution is -2.22. The Bertz CT molecular complexity index is 788. The Labute approximate surface area is 146 Å². The van der Waals surface area contributed by atoms with E-state index in [0.717, 1.165) is 23.5 Å². The van der Waals surface area contributed by atoms with Crippen LogP contribution in [0.15, 0.2) is 67.3 Å². The summed E-state index contributed by atoms with van der Waals surface area (Å²) in [6.45, 7) is 1.17. The monoisotopic (exact) mass is 336 g/mol. The molecule has 1 N–H and O–H groups in total. The Morgan fingerprint density at radius 2 is 1.92 bits per heavy atom. The molecule has 0 saturated carbocycles. The molecule has 0 radical (unpaired) electrons. The third-order valence-corrected chi connectivity index (χ3v) is 3.62. The van der Waals surface area contributed by atoms with E-state index < -0.39 is 0 Å². The quantitative estimate of drug-likeness (QED) is 0.686. The van der Waals surface area contributed by atoms with Gasteiger partial charge in [-0.1, -0.05) is 30.3 Å². The van der Waals surface area contributed by atoms with Gasteiger partial charge < -0.3 is 10.1 Å². The number of aromatic nitrogens is 3. The SMILES string of the molecule is O=C(CCCn1cncn1)NCc1cccc(Oc2ccccc2)c1. The summed E-state index contributed by atoms with van der Waals surface area (Å²) in [5, 5.41) is 6.94. The fourth-order valence-electron chi connectivity index (χ4n) is 2.38. The maximum atomic E-state index is 11.9. The lowest BCUT2D eigenvalue weighted by atomic mass is 10.2. The highest BCUT2D eigenvalue weighted by Gasteiger charge is 2.03. The van der Waals surface area contributed by atoms with Gasteiger partial charge in [0, 0.05) is 19.5 Å². The number of benzene rings is 2. The van der Waals surface area contributed by atoms with Crippen LogP contribution in [0.1, 0.15) is 18.4 Å². The number of aryl methyl sites for hydroxylation is 1. The standard InChI is InChI=1S/C19H20N4O2/c24-19(10-5-11-23-15-20-14-22-23)21-13-16-6-4-9-18(12-16)25-17-7-2-1-3-8-17/h1-4,6-9,12,14-15H,5,10-11,13H2,(H,21,24). The first kappa shape index (κ1) is 16.7. The molecular weight excluding hydrogens is 316 g/mol. The van der Waals surface area contributed by atoms with E-state index in [1.165, 1.54) is 6.33 Å². The number of hydrogen-bond acceptors (Lipinski definition) is 4. The molecule has 3 rings (SSSR count). The summed E-state index contributed by atoms with van der Waals surface area (Å²) < 4.78 is 7.52. The average molecular weight is 336 g/mol. The minimum atomic E-state index is 0.0227. The lowest BCUT2D eigenvalue weighted by Gasteiger charge is -2.09. The van der Waals surface area contributed by atoms with Gasteiger partial charge in [0.15, 0.2) is 0 Å². The molecule has 0 aliphatic carbocycles. The minimum absolute atomic E-state index is 0.0227. The zero-order chi connectivity index (χ0) is 17.3. The largest absolute Gasteiger partial charge is 0.457 e. The van der Waals surface area contributed by atoms with E-state index in [1.54, 1.807) is 11.0 Å². The van der Waals surface area contributed by atoms with Crippen LogP contribution in [0.25, 0.3) is 0 Å². The van der Waals surface area contributed by atoms with E-state index in [1.807, 2.05) is 54.6 Å². The fourth-order valence-corrected chi connectivity index (χ4v) is 2.38. The Balaban J connectivity index is 1.44. The normalized spacial score (nSPS) is 10.4. The number of para-hydroxylation sites is 1. The van der Waals surface area contributed by atoms with E-state index in [0.29, 0.717) is 19.5 Å². The first-order valence-electron chi connectivity index (χ1n) is 8.20. The summed E-state index contributed by atoms with van der Waals surface area (Å²) in [7, 11) is 0. The minimum Gasteiger partial charge on any atom is -0.457 e. The van der Waals surface area contributed by atoms with Gasteiger partial charge in [0.2, 0.25) is 5.91 Å². The molecule has 0 aliphatic rings. The average Bonchev–Trinajstić information content (AvgIpc) is 3.15. The molecule has 0 aliphatic heterocycles. The maximum Gasteiger partial charge on any atom is 0.220 e. The van der Waals surface area contributed by atoms with Gasteiger partial charge in [0.05, 0.1) is 0 Å². The number of carbonyl (C=O) groups excluding carboxylic acids is 1. The topological polar surface area (TPSA) is 69.0 Å². The van der Waals surface area contributed by atoms with Gasteiger partial charge in [-0.15, -0.1) is 0 Å². The first-order chi connectivity index (χ1) is 12.3. The molecule has 3 aromatic rings. The molecule has 6 heteroatoms. The third kappa shape index (κ3) is 5.46. The van der Waals surface area contributed by atoms with Crippen LogP contribution in [-0.2, 0) is 17.9 Å². The molecule has 0 saturated heterocycles. The van der Waals surface area contributed by atoms with Crippen LogP contribution in [0.4, 0.5) is 0 Å². The van der Waals surface area contributed by atoms with Crippen molar-refractivity contribution in [1.29, 1.82) is 0 Å². The zero-order valence-electron chi connectivity index (χ0n) is 13.8. The number of carbonyl (C=O) groups is 1. The molecule has 0 bridgehead atoms. The number of hydrogen-bond donors (Lipinski definition) is 1. The van der Waals surface area contributed by atoms with Crippen LogP contribution >= 0.6 is 0 Å². The predicted molar refractivity (Wildman–Crippen MR) is 94.1 cm³/mol. The van der Waals surface area contributed by atoms with Gasteiger partial charge in [-0.05, 0) is 36.2 Å². The van der Waals surface area contributed by atoms with Crippen LogP contribution in [-0.4, -0.2) is 20.7 Å². The Morgan fingerprint density at radius 3 is 2.72 bits per heavy atom. The van der Waals surface area contributed by atoms with E-state index >= 15 is 0 Å². The number of ether oxygens (including phenoxy) is 1. The highest BCUT2D eigenvalue weighted by atomic mass is 16.5. The number of nitrogens with one attached hydrogen (secondary N) is 1. The van der Waals surface area contributed by atoms with Crippen molar-refractivity contribution in [1.82, 2.24) is 20.1 Å². The summed E-state index contributed by atoms with van der Waals surface area (Å²) in [6.07, 6.45) is 4.33. The van der Waals surface area contributed by atoms with Crippen LogP contribution in [0, 0.1) is 0 Å². The summed E-state index contributed by atoms with van der Waals surface area (Å²) in [6, 6.07) is 17.3. The lowest BCUT2D eigenvalue weighted by molar-refractivity contribution is -0.121. The predicted octanol–water partition coefficient (Wildman–Crippen LogP) is 3.17. The van der Waals surface area contributed by atoms with Crippen molar-refractivity contribution in [2.75, 3.05) is 0 Å². The second kappa shape index (κ2) is 8.63. The molecule has 2 aromatic carbocycles. The van der Waals surface area contributed by atoms with Crippen molar-refractivity contribution in [3.05, 3.63) is 72.8 Å². The van der Waals surface area contributed by atoms with E-state index in [-0.39, 0.29) is 5.91 Å². The Hall–Kier alpha value is -3.15. The smallest absolute Gasteiger partial charge is 0.220 e. The van der Waals surface area contributed by atoms with Gasteiger partial charge >= 0.3 is 0 Å². The fraction of sp³-hybridized carbons (Fsp3) is 0.211. The zero-order valence-corrected chi connectivity index (χ0v) is 13.8. The van der Waals surface area contributed by atoms with Crippen LogP contribution in [0.5, 0.6) is 11.5 Å². The Morgan fingerprint density at radius 1 is 1.08 bits per heavy atom. The molecule has 0 spiro atoms. The number of amides is 1. The second-order valence-corrected chi connectivity index (χ2v) is 5.60. The molecule has 1 aromatic heterocycles. The third-order valence-electron chi connectivity index (χ3n) is 3.62. The van der Waals surface area contributed by atoms with Crippen molar-refractivity contribution < 1.29 is 9.53 Å². The van der Waals surface area contributed by atoms with Crippen LogP contribution in [0.3, 0.4) is 0 Å². The molecule has 25 heavy (non-hydrogen) atoms. The molecule has 1 amide bonds. The van der Waals surface area contributed by atoms with Gasteiger partial charge in [-0.25, -0.2) is 4.98 Å². The maximum absolute atomic E-state index is 11.9. The van der Waals surface area contributed by atoms with Crippen molar-refractivity contribution in [3.63, 3.8) is 0 Å². The number of nitrogens with zero attached hydrogens (tertiary/aromatic N) is 3. The van der Waals surface area contributed by atoms with Crippen LogP contribution < -0.4 is 10.1 Å². The van der Waals surface area contributed by atoms with Crippen molar-refractivity contribution in [3.8, 4) is 11.5 Å². The van der Waals surface area contributed by atoms with E-state index in [2.05, 4.69) is 15.4 Å². The molecule has 0 atom stereocenters. The molecule has 1 heterocycles. The Kier molecular flexibility index (Phi) is 5.77. The molecule has 128 valence electrons. The molecular formula is C19H20N4O2. The summed E-state index contributed by atoms with van der Waals surface area (Å²) in [5.74, 6) is 1.57. The van der Waals surface area contributed by atoms with Crippen molar-refractivity contribution >= 4 is 5.91 Å². The van der Waals surface area contributed by atoms with E-state index in [4.69, 9.17) is 4.74 Å². The first-order valence-corrected chi connectivity index (χ1v) is 8.20. The molecule has 6 nitrogen and oxygen atoms in total. The number of rotatable bonds is 8. The summed E-state index contributed by atoms with van der Waals surface area (Å²) in [5.41, 5.74) is 0.998. The summed E-state index contributed by atoms with van der Waals surface area (Å²) >= 11 is 0. The summed E-state index contributed by atoms with van der Waals surface area (Å²) in [4.78, 5) is 15.8. The van der Waals surface area contributed by atoms with Gasteiger partial charge in [0.25, 0.3) is 0 Å². The van der Waals surface area contributed by atoms with E-state index in [9.17, 15) is 4.79 Å². The molecule has 0 unspecified atom stereocenters.